The largest absolute Gasteiger partial charge is 0.311 e. The molecule has 1 aliphatic heterocycles. The van der Waals surface area contributed by atoms with Gasteiger partial charge in [-0.15, -0.1) is 0 Å². The van der Waals surface area contributed by atoms with E-state index < -0.39 is 0 Å². The Bertz CT molecular complexity index is 108. The number of hydrogen-bond donors (Lipinski definition) is 1. The van der Waals surface area contributed by atoms with Gasteiger partial charge in [-0.2, -0.15) is 0 Å². The third-order valence-electron chi connectivity index (χ3n) is 2.49. The van der Waals surface area contributed by atoms with Crippen LogP contribution in [0.4, 0.5) is 0 Å². The van der Waals surface area contributed by atoms with Crippen molar-refractivity contribution in [1.82, 2.24) is 5.32 Å². The van der Waals surface area contributed by atoms with E-state index in [9.17, 15) is 0 Å². The van der Waals surface area contributed by atoms with Crippen LogP contribution < -0.4 is 5.32 Å². The highest BCUT2D eigenvalue weighted by Crippen LogP contribution is 2.30. The molecule has 1 fully saturated rings. The fourth-order valence-electron chi connectivity index (χ4n) is 1.85. The van der Waals surface area contributed by atoms with E-state index in [1.54, 1.807) is 0 Å². The summed E-state index contributed by atoms with van der Waals surface area (Å²) in [5, 5.41) is 3.47. The van der Waals surface area contributed by atoms with Crippen LogP contribution in [0.25, 0.3) is 0 Å². The molecule has 0 aromatic carbocycles. The van der Waals surface area contributed by atoms with Crippen LogP contribution in [0.1, 0.15) is 27.2 Å². The van der Waals surface area contributed by atoms with E-state index in [4.69, 9.17) is 0 Å². The molecule has 3 atom stereocenters. The third kappa shape index (κ3) is 1.47. The number of alkyl halides is 1. The molecule has 0 aromatic rings. The summed E-state index contributed by atoms with van der Waals surface area (Å²) in [5.41, 5.74) is 0. The lowest BCUT2D eigenvalue weighted by molar-refractivity contribution is 0.169. The third-order valence-corrected chi connectivity index (χ3v) is 4.20. The van der Waals surface area contributed by atoms with Crippen molar-refractivity contribution < 1.29 is 0 Å². The second kappa shape index (κ2) is 3.39. The van der Waals surface area contributed by atoms with Crippen LogP contribution in [-0.4, -0.2) is 16.0 Å². The number of hydrogen-bond acceptors (Lipinski definition) is 1. The van der Waals surface area contributed by atoms with E-state index in [1.165, 1.54) is 6.42 Å². The van der Waals surface area contributed by atoms with Gasteiger partial charge < -0.3 is 5.32 Å². The van der Waals surface area contributed by atoms with Crippen molar-refractivity contribution in [1.29, 1.82) is 0 Å². The van der Waals surface area contributed by atoms with E-state index in [1.807, 2.05) is 0 Å². The molecule has 0 amide bonds. The molecule has 0 radical (unpaired) electrons. The van der Waals surface area contributed by atoms with Gasteiger partial charge in [0.15, 0.2) is 0 Å². The molecule has 0 aromatic heterocycles. The lowest BCUT2D eigenvalue weighted by Crippen LogP contribution is -2.61. The fraction of sp³-hybridized carbons (Fsp3) is 1.00. The first-order valence-electron chi connectivity index (χ1n) is 4.07. The molecule has 2 heteroatoms. The Labute approximate surface area is 77.1 Å². The van der Waals surface area contributed by atoms with Gasteiger partial charge in [-0.05, 0) is 20.3 Å². The van der Waals surface area contributed by atoms with Crippen LogP contribution in [0.2, 0.25) is 0 Å². The summed E-state index contributed by atoms with van der Waals surface area (Å²) in [6.45, 7) is 6.84. The van der Waals surface area contributed by atoms with Crippen LogP contribution in [0, 0.1) is 5.92 Å². The van der Waals surface area contributed by atoms with Gasteiger partial charge in [-0.25, -0.2) is 0 Å². The van der Waals surface area contributed by atoms with Crippen molar-refractivity contribution in [3.63, 3.8) is 0 Å². The Morgan fingerprint density at radius 3 is 2.10 bits per heavy atom. The van der Waals surface area contributed by atoms with Crippen molar-refractivity contribution >= 4 is 22.6 Å². The number of nitrogens with one attached hydrogen (secondary N) is 1. The Morgan fingerprint density at radius 2 is 1.90 bits per heavy atom. The van der Waals surface area contributed by atoms with Crippen molar-refractivity contribution in [3.05, 3.63) is 0 Å². The fourth-order valence-corrected chi connectivity index (χ4v) is 3.10. The molecule has 0 aliphatic carbocycles. The first-order valence-corrected chi connectivity index (χ1v) is 5.31. The smallest absolute Gasteiger partial charge is 0.0165 e. The van der Waals surface area contributed by atoms with E-state index in [2.05, 4.69) is 48.7 Å². The highest BCUT2D eigenvalue weighted by molar-refractivity contribution is 14.1. The summed E-state index contributed by atoms with van der Waals surface area (Å²) in [7, 11) is 0. The normalized spacial score (nSPS) is 42.6. The standard InChI is InChI=1S/C8H16IN/c1-4-7(9)8-5(2)10-6(8)3/h5-8,10H,4H2,1-3H3. The average Bonchev–Trinajstić information content (AvgIpc) is 1.87. The van der Waals surface area contributed by atoms with Gasteiger partial charge in [0.2, 0.25) is 0 Å². The van der Waals surface area contributed by atoms with Gasteiger partial charge in [-0.1, -0.05) is 29.5 Å². The molecule has 0 bridgehead atoms. The Kier molecular flexibility index (Phi) is 2.98. The van der Waals surface area contributed by atoms with E-state index in [0.29, 0.717) is 0 Å². The second-order valence-electron chi connectivity index (χ2n) is 3.25. The predicted molar refractivity (Wildman–Crippen MR) is 53.6 cm³/mol. The summed E-state index contributed by atoms with van der Waals surface area (Å²) < 4.78 is 0.865. The Balaban J connectivity index is 2.38. The Morgan fingerprint density at radius 1 is 1.40 bits per heavy atom. The maximum absolute atomic E-state index is 3.47. The zero-order chi connectivity index (χ0) is 7.72. The first kappa shape index (κ1) is 8.78. The topological polar surface area (TPSA) is 12.0 Å². The van der Waals surface area contributed by atoms with Gasteiger partial charge in [-0.3, -0.25) is 0 Å². The van der Waals surface area contributed by atoms with Gasteiger partial charge >= 0.3 is 0 Å². The van der Waals surface area contributed by atoms with Gasteiger partial charge in [0, 0.05) is 21.9 Å². The summed E-state index contributed by atoms with van der Waals surface area (Å²) in [5.74, 6) is 0.908. The maximum atomic E-state index is 3.47. The van der Waals surface area contributed by atoms with E-state index in [0.717, 1.165) is 21.9 Å². The number of rotatable bonds is 2. The molecule has 1 heterocycles. The molecule has 10 heavy (non-hydrogen) atoms. The molecule has 60 valence electrons. The minimum Gasteiger partial charge on any atom is -0.311 e. The molecule has 0 saturated carbocycles. The molecule has 3 unspecified atom stereocenters. The zero-order valence-corrected chi connectivity index (χ0v) is 9.05. The van der Waals surface area contributed by atoms with Crippen molar-refractivity contribution in [3.8, 4) is 0 Å². The quantitative estimate of drug-likeness (QED) is 0.587. The van der Waals surface area contributed by atoms with Crippen LogP contribution >= 0.6 is 22.6 Å². The zero-order valence-electron chi connectivity index (χ0n) is 6.89. The molecular formula is C8H16IN. The summed E-state index contributed by atoms with van der Waals surface area (Å²) in [6, 6.07) is 1.49. The van der Waals surface area contributed by atoms with Crippen LogP contribution in [0.5, 0.6) is 0 Å². The van der Waals surface area contributed by atoms with Crippen LogP contribution in [0.3, 0.4) is 0 Å². The minimum atomic E-state index is 0.747. The minimum absolute atomic E-state index is 0.747. The molecule has 0 spiro atoms. The highest BCUT2D eigenvalue weighted by Gasteiger charge is 2.37. The monoisotopic (exact) mass is 253 g/mol. The summed E-state index contributed by atoms with van der Waals surface area (Å²) in [4.78, 5) is 0. The number of halogens is 1. The molecule has 1 aliphatic rings. The average molecular weight is 253 g/mol. The highest BCUT2D eigenvalue weighted by atomic mass is 127. The van der Waals surface area contributed by atoms with Crippen molar-refractivity contribution in [2.45, 2.75) is 43.2 Å². The van der Waals surface area contributed by atoms with Gasteiger partial charge in [0.1, 0.15) is 0 Å². The predicted octanol–water partition coefficient (Wildman–Crippen LogP) is 2.20. The molecule has 1 nitrogen and oxygen atoms in total. The van der Waals surface area contributed by atoms with Gasteiger partial charge in [0.05, 0.1) is 0 Å². The summed E-state index contributed by atoms with van der Waals surface area (Å²) >= 11 is 2.57. The lowest BCUT2D eigenvalue weighted by atomic mass is 9.81. The summed E-state index contributed by atoms with van der Waals surface area (Å²) in [6.07, 6.45) is 1.31. The molecule has 1 N–H and O–H groups in total. The van der Waals surface area contributed by atoms with E-state index in [-0.39, 0.29) is 0 Å². The second-order valence-corrected chi connectivity index (χ2v) is 4.85. The van der Waals surface area contributed by atoms with Crippen LogP contribution in [-0.2, 0) is 0 Å². The van der Waals surface area contributed by atoms with Crippen LogP contribution in [0.15, 0.2) is 0 Å². The van der Waals surface area contributed by atoms with Crippen molar-refractivity contribution in [2.24, 2.45) is 5.92 Å². The molecule has 1 saturated heterocycles. The maximum Gasteiger partial charge on any atom is 0.0165 e. The SMILES string of the molecule is CCC(I)C1C(C)NC1C. The van der Waals surface area contributed by atoms with E-state index >= 15 is 0 Å². The Hall–Kier alpha value is 0.690. The lowest BCUT2D eigenvalue weighted by Gasteiger charge is -2.45. The first-order chi connectivity index (χ1) is 4.66. The molecule has 1 rings (SSSR count). The van der Waals surface area contributed by atoms with Gasteiger partial charge in [0.25, 0.3) is 0 Å². The van der Waals surface area contributed by atoms with Crippen molar-refractivity contribution in [2.75, 3.05) is 0 Å². The molecular weight excluding hydrogens is 237 g/mol.